The summed E-state index contributed by atoms with van der Waals surface area (Å²) in [6, 6.07) is 7.69. The molecule has 1 aliphatic carbocycles. The molecule has 19 heavy (non-hydrogen) atoms. The molecule has 2 aromatic rings. The van der Waals surface area contributed by atoms with E-state index in [2.05, 4.69) is 10.3 Å². The number of benzene rings is 1. The monoisotopic (exact) mass is 258 g/mol. The molecule has 1 aliphatic rings. The van der Waals surface area contributed by atoms with Crippen molar-refractivity contribution in [1.29, 1.82) is 0 Å². The van der Waals surface area contributed by atoms with Gasteiger partial charge in [-0.15, -0.1) is 0 Å². The molecule has 0 radical (unpaired) electrons. The lowest BCUT2D eigenvalue weighted by Gasteiger charge is -2.04. The predicted molar refractivity (Wildman–Crippen MR) is 70.9 cm³/mol. The molecule has 98 valence electrons. The fourth-order valence-electron chi connectivity index (χ4n) is 2.41. The molecule has 0 aliphatic heterocycles. The van der Waals surface area contributed by atoms with E-state index in [0.29, 0.717) is 6.42 Å². The summed E-state index contributed by atoms with van der Waals surface area (Å²) < 4.78 is 0. The third kappa shape index (κ3) is 1.97. The average molecular weight is 258 g/mol. The molecule has 1 amide bonds. The molecule has 1 aromatic heterocycles. The Labute approximate surface area is 109 Å². The fourth-order valence-corrected chi connectivity index (χ4v) is 2.41. The minimum atomic E-state index is -0.893. The summed E-state index contributed by atoms with van der Waals surface area (Å²) in [5, 5.41) is 12.6. The number of aromatic amines is 1. The molecule has 0 bridgehead atoms. The molecule has 5 nitrogen and oxygen atoms in total. The smallest absolute Gasteiger partial charge is 0.307 e. The Hall–Kier alpha value is -2.30. The highest BCUT2D eigenvalue weighted by atomic mass is 16.4. The first-order valence-corrected chi connectivity index (χ1v) is 6.19. The third-order valence-electron chi connectivity index (χ3n) is 3.59. The molecule has 1 fully saturated rings. The number of H-pyrrole nitrogens is 1. The van der Waals surface area contributed by atoms with Crippen LogP contribution in [0.4, 0.5) is 5.69 Å². The second kappa shape index (κ2) is 4.12. The molecule has 0 spiro atoms. The molecule has 1 saturated carbocycles. The molecular weight excluding hydrogens is 244 g/mol. The summed E-state index contributed by atoms with van der Waals surface area (Å²) in [6.07, 6.45) is 0.433. The highest BCUT2D eigenvalue weighted by Crippen LogP contribution is 2.40. The number of fused-ring (bicyclic) bond motifs is 1. The first-order chi connectivity index (χ1) is 9.08. The van der Waals surface area contributed by atoms with Gasteiger partial charge in [-0.3, -0.25) is 9.59 Å². The summed E-state index contributed by atoms with van der Waals surface area (Å²) in [7, 11) is 0. The van der Waals surface area contributed by atoms with Gasteiger partial charge in [0.05, 0.1) is 17.5 Å². The summed E-state index contributed by atoms with van der Waals surface area (Å²) >= 11 is 0. The number of anilines is 1. The van der Waals surface area contributed by atoms with Gasteiger partial charge in [-0.1, -0.05) is 18.2 Å². The van der Waals surface area contributed by atoms with Crippen LogP contribution in [0.3, 0.4) is 0 Å². The zero-order chi connectivity index (χ0) is 13.6. The van der Waals surface area contributed by atoms with Crippen LogP contribution in [0.25, 0.3) is 10.9 Å². The number of hydrogen-bond acceptors (Lipinski definition) is 2. The van der Waals surface area contributed by atoms with Gasteiger partial charge in [-0.2, -0.15) is 0 Å². The van der Waals surface area contributed by atoms with Crippen molar-refractivity contribution in [2.45, 2.75) is 13.3 Å². The highest BCUT2D eigenvalue weighted by Gasteiger charge is 2.48. The van der Waals surface area contributed by atoms with E-state index in [0.717, 1.165) is 22.3 Å². The van der Waals surface area contributed by atoms with Crippen molar-refractivity contribution in [2.24, 2.45) is 11.8 Å². The molecule has 1 heterocycles. The van der Waals surface area contributed by atoms with Crippen LogP contribution in [0.15, 0.2) is 24.3 Å². The van der Waals surface area contributed by atoms with Crippen molar-refractivity contribution < 1.29 is 14.7 Å². The number of aliphatic carboxylic acids is 1. The Morgan fingerprint density at radius 2 is 2.05 bits per heavy atom. The number of nitrogens with one attached hydrogen (secondary N) is 2. The molecule has 5 heteroatoms. The molecule has 1 aromatic carbocycles. The van der Waals surface area contributed by atoms with E-state index in [9.17, 15) is 9.59 Å². The van der Waals surface area contributed by atoms with E-state index in [4.69, 9.17) is 5.11 Å². The van der Waals surface area contributed by atoms with Crippen molar-refractivity contribution in [3.63, 3.8) is 0 Å². The SMILES string of the molecule is Cc1[nH]c2ccccc2c1NC(=O)C1CC1C(=O)O. The third-order valence-corrected chi connectivity index (χ3v) is 3.59. The van der Waals surface area contributed by atoms with Crippen LogP contribution in [0.5, 0.6) is 0 Å². The Kier molecular flexibility index (Phi) is 2.55. The predicted octanol–water partition coefficient (Wildman–Crippen LogP) is 2.14. The van der Waals surface area contributed by atoms with Crippen molar-refractivity contribution in [3.8, 4) is 0 Å². The maximum atomic E-state index is 12.0. The number of hydrogen-bond donors (Lipinski definition) is 3. The molecule has 2 unspecified atom stereocenters. The highest BCUT2D eigenvalue weighted by molar-refractivity contribution is 6.05. The van der Waals surface area contributed by atoms with Gasteiger partial charge in [-0.05, 0) is 19.4 Å². The Morgan fingerprint density at radius 3 is 2.74 bits per heavy atom. The zero-order valence-electron chi connectivity index (χ0n) is 10.4. The van der Waals surface area contributed by atoms with Crippen LogP contribution < -0.4 is 5.32 Å². The first-order valence-electron chi connectivity index (χ1n) is 6.19. The summed E-state index contributed by atoms with van der Waals surface area (Å²) in [5.74, 6) is -2.02. The molecule has 3 rings (SSSR count). The summed E-state index contributed by atoms with van der Waals surface area (Å²) in [4.78, 5) is 26.0. The van der Waals surface area contributed by atoms with Crippen molar-refractivity contribution >= 4 is 28.5 Å². The van der Waals surface area contributed by atoms with Crippen LogP contribution in [0, 0.1) is 18.8 Å². The Balaban J connectivity index is 1.84. The van der Waals surface area contributed by atoms with Crippen LogP contribution in [0.1, 0.15) is 12.1 Å². The largest absolute Gasteiger partial charge is 0.481 e. The van der Waals surface area contributed by atoms with Gasteiger partial charge >= 0.3 is 5.97 Å². The molecule has 2 atom stereocenters. The van der Waals surface area contributed by atoms with Crippen molar-refractivity contribution in [1.82, 2.24) is 4.98 Å². The van der Waals surface area contributed by atoms with Gasteiger partial charge in [0, 0.05) is 16.6 Å². The quantitative estimate of drug-likeness (QED) is 0.788. The number of carbonyl (C=O) groups excluding carboxylic acids is 1. The van der Waals surface area contributed by atoms with Gasteiger partial charge in [-0.25, -0.2) is 0 Å². The zero-order valence-corrected chi connectivity index (χ0v) is 10.4. The van der Waals surface area contributed by atoms with Gasteiger partial charge in [0.1, 0.15) is 0 Å². The maximum absolute atomic E-state index is 12.0. The fraction of sp³-hybridized carbons (Fsp3) is 0.286. The van der Waals surface area contributed by atoms with E-state index in [-0.39, 0.29) is 5.91 Å². The Bertz CT molecular complexity index is 674. The number of aromatic nitrogens is 1. The van der Waals surface area contributed by atoms with Crippen molar-refractivity contribution in [2.75, 3.05) is 5.32 Å². The topological polar surface area (TPSA) is 82.2 Å². The number of amides is 1. The number of carbonyl (C=O) groups is 2. The molecule has 3 N–H and O–H groups in total. The first kappa shape index (κ1) is 11.8. The van der Waals surface area contributed by atoms with Crippen molar-refractivity contribution in [3.05, 3.63) is 30.0 Å². The van der Waals surface area contributed by atoms with E-state index in [1.807, 2.05) is 31.2 Å². The van der Waals surface area contributed by atoms with Gasteiger partial charge in [0.25, 0.3) is 0 Å². The minimum absolute atomic E-state index is 0.208. The summed E-state index contributed by atoms with van der Waals surface area (Å²) in [6.45, 7) is 1.89. The maximum Gasteiger partial charge on any atom is 0.307 e. The Morgan fingerprint density at radius 1 is 1.32 bits per heavy atom. The lowest BCUT2D eigenvalue weighted by atomic mass is 10.2. The number of rotatable bonds is 3. The van der Waals surface area contributed by atoms with E-state index in [1.54, 1.807) is 0 Å². The van der Waals surface area contributed by atoms with E-state index < -0.39 is 17.8 Å². The molecule has 0 saturated heterocycles. The second-order valence-corrected chi connectivity index (χ2v) is 4.95. The lowest BCUT2D eigenvalue weighted by molar-refractivity contribution is -0.139. The standard InChI is InChI=1S/C14H14N2O3/c1-7-12(8-4-2-3-5-11(8)15-7)16-13(17)9-6-10(9)14(18)19/h2-5,9-10,15H,6H2,1H3,(H,16,17)(H,18,19). The van der Waals surface area contributed by atoms with Gasteiger partial charge < -0.3 is 15.4 Å². The normalized spacial score (nSPS) is 21.3. The molecular formula is C14H14N2O3. The number of carboxylic acid groups (broad SMARTS) is 1. The van der Waals surface area contributed by atoms with Gasteiger partial charge in [0.15, 0.2) is 0 Å². The summed E-state index contributed by atoms with van der Waals surface area (Å²) in [5.41, 5.74) is 2.58. The van der Waals surface area contributed by atoms with E-state index >= 15 is 0 Å². The van der Waals surface area contributed by atoms with Crippen LogP contribution >= 0.6 is 0 Å². The van der Waals surface area contributed by atoms with Crippen LogP contribution in [-0.2, 0) is 9.59 Å². The lowest BCUT2D eigenvalue weighted by Crippen LogP contribution is -2.17. The van der Waals surface area contributed by atoms with Crippen LogP contribution in [-0.4, -0.2) is 22.0 Å². The minimum Gasteiger partial charge on any atom is -0.481 e. The van der Waals surface area contributed by atoms with E-state index in [1.165, 1.54) is 0 Å². The number of carboxylic acids is 1. The second-order valence-electron chi connectivity index (χ2n) is 4.95. The number of para-hydroxylation sites is 1. The van der Waals surface area contributed by atoms with Gasteiger partial charge in [0.2, 0.25) is 5.91 Å². The average Bonchev–Trinajstić information content (AvgIpc) is 3.12. The number of aryl methyl sites for hydroxylation is 1. The van der Waals surface area contributed by atoms with Crippen LogP contribution in [0.2, 0.25) is 0 Å².